The molecule has 0 atom stereocenters. The van der Waals surface area contributed by atoms with Gasteiger partial charge in [-0.15, -0.1) is 10.2 Å². The second-order valence-corrected chi connectivity index (χ2v) is 9.49. The van der Waals surface area contributed by atoms with E-state index in [0.717, 1.165) is 26.2 Å². The Morgan fingerprint density at radius 1 is 0.679 bits per heavy atom. The van der Waals surface area contributed by atoms with Crippen LogP contribution in [0.25, 0.3) is 0 Å². The van der Waals surface area contributed by atoms with Crippen LogP contribution < -0.4 is 18.6 Å². The average molecular weight is 421 g/mol. The van der Waals surface area contributed by atoms with E-state index in [2.05, 4.69) is 95.5 Å². The van der Waals surface area contributed by atoms with Crippen LogP contribution in [0, 0.1) is 33.9 Å². The van der Waals surface area contributed by atoms with Crippen molar-refractivity contribution in [3.05, 3.63) is 24.4 Å². The smallest absolute Gasteiger partial charge is 0.163 e. The van der Waals surface area contributed by atoms with Crippen LogP contribution in [0.5, 0.6) is 0 Å². The number of hydrogen-bond donors (Lipinski definition) is 0. The molecule has 0 aromatic carbocycles. The summed E-state index contributed by atoms with van der Waals surface area (Å²) in [5.74, 6) is 2.78. The lowest BCUT2D eigenvalue weighted by atomic mass is 10.1. The van der Waals surface area contributed by atoms with Crippen molar-refractivity contribution in [1.82, 2.24) is 4.90 Å². The summed E-state index contributed by atoms with van der Waals surface area (Å²) in [4.78, 5) is 2.43. The van der Waals surface area contributed by atoms with Gasteiger partial charge in [-0.05, 0) is 24.1 Å². The molecule has 7 heteroatoms. The van der Waals surface area contributed by atoms with Gasteiger partial charge in [-0.25, -0.2) is 23.2 Å². The van der Waals surface area contributed by atoms with Crippen LogP contribution in [0.3, 0.4) is 0 Å². The number of rotatable bonds is 11. The Bertz CT molecular complexity index is 440. The Hall–Kier alpha value is -0.920. The molecule has 0 saturated carbocycles. The highest BCUT2D eigenvalue weighted by Crippen LogP contribution is 2.04. The molecule has 0 radical (unpaired) electrons. The lowest BCUT2D eigenvalue weighted by molar-refractivity contribution is -2.00. The van der Waals surface area contributed by atoms with Crippen molar-refractivity contribution in [3.63, 3.8) is 0 Å². The van der Waals surface area contributed by atoms with Crippen LogP contribution in [-0.2, 0) is 0 Å². The van der Waals surface area contributed by atoms with E-state index >= 15 is 0 Å². The fourth-order valence-electron chi connectivity index (χ4n) is 2.68. The van der Waals surface area contributed by atoms with Gasteiger partial charge in [-0.3, -0.25) is 0 Å². The van der Waals surface area contributed by atoms with Crippen LogP contribution in [0.15, 0.2) is 24.4 Å². The van der Waals surface area contributed by atoms with E-state index in [-0.39, 0.29) is 0 Å². The molecular weight excluding hydrogens is 380 g/mol. The van der Waals surface area contributed by atoms with E-state index in [1.54, 1.807) is 0 Å². The first-order chi connectivity index (χ1) is 12.7. The second-order valence-electron chi connectivity index (χ2n) is 8.74. The fourth-order valence-corrected chi connectivity index (χ4v) is 2.68. The van der Waals surface area contributed by atoms with Crippen LogP contribution in [-0.4, -0.2) is 41.9 Å². The maximum absolute atomic E-state index is 8.49. The van der Waals surface area contributed by atoms with Crippen LogP contribution in [0.2, 0.25) is 0 Å². The van der Waals surface area contributed by atoms with Crippen molar-refractivity contribution in [2.75, 3.05) is 26.2 Å². The van der Waals surface area contributed by atoms with Crippen LogP contribution >= 0.6 is 0 Å². The third-order valence-electron chi connectivity index (χ3n) is 3.21. The molecule has 0 fully saturated rings. The van der Waals surface area contributed by atoms with Gasteiger partial charge >= 0.3 is 0 Å². The summed E-state index contributed by atoms with van der Waals surface area (Å²) in [7, 11) is -4.94. The first-order valence-electron chi connectivity index (χ1n) is 9.98. The minimum atomic E-state index is -4.94. The van der Waals surface area contributed by atoms with Crippen molar-refractivity contribution in [2.24, 2.45) is 23.7 Å². The fraction of sp³-hybridized carbons (Fsp3) is 0.762. The van der Waals surface area contributed by atoms with Gasteiger partial charge in [0.25, 0.3) is 0 Å². The molecular formula is C21H41ClN2O4. The minimum Gasteiger partial charge on any atom is -0.377 e. The van der Waals surface area contributed by atoms with E-state index in [9.17, 15) is 0 Å². The summed E-state index contributed by atoms with van der Waals surface area (Å²) < 4.78 is 36.4. The maximum Gasteiger partial charge on any atom is 0.163 e. The SMILES string of the molecule is CC(C)CN(/C=C/C=C/C=[N+](CC(C)C)CC(C)C)CC(C)C.[O-][Cl+3]([O-])([O-])[O-]. The van der Waals surface area contributed by atoms with Gasteiger partial charge in [-0.1, -0.05) is 61.5 Å². The zero-order valence-electron chi connectivity index (χ0n) is 18.9. The molecule has 0 aromatic heterocycles. The first kappa shape index (κ1) is 29.3. The molecule has 0 aliphatic carbocycles. The predicted octanol–water partition coefficient (Wildman–Crippen LogP) is 0.310. The van der Waals surface area contributed by atoms with Gasteiger partial charge in [0.1, 0.15) is 13.1 Å². The lowest BCUT2D eigenvalue weighted by Gasteiger charge is -2.24. The van der Waals surface area contributed by atoms with Gasteiger partial charge in [0.2, 0.25) is 0 Å². The average Bonchev–Trinajstić information content (AvgIpc) is 2.41. The summed E-state index contributed by atoms with van der Waals surface area (Å²) in [5, 5.41) is 0. The summed E-state index contributed by atoms with van der Waals surface area (Å²) in [6.45, 7) is 22.7. The molecule has 0 bridgehead atoms. The Kier molecular flexibility index (Phi) is 16.7. The summed E-state index contributed by atoms with van der Waals surface area (Å²) >= 11 is 0. The lowest BCUT2D eigenvalue weighted by Crippen LogP contribution is -2.68. The molecule has 0 rings (SSSR count). The van der Waals surface area contributed by atoms with Crippen molar-refractivity contribution in [3.8, 4) is 0 Å². The van der Waals surface area contributed by atoms with Gasteiger partial charge in [0.05, 0.1) is 0 Å². The van der Waals surface area contributed by atoms with Gasteiger partial charge in [0, 0.05) is 31.0 Å². The van der Waals surface area contributed by atoms with E-state index in [4.69, 9.17) is 18.6 Å². The normalized spacial score (nSPS) is 12.4. The molecule has 0 heterocycles. The molecule has 0 aromatic rings. The molecule has 0 amide bonds. The quantitative estimate of drug-likeness (QED) is 0.272. The third kappa shape index (κ3) is 27.3. The molecule has 28 heavy (non-hydrogen) atoms. The zero-order valence-corrected chi connectivity index (χ0v) is 19.7. The summed E-state index contributed by atoms with van der Waals surface area (Å²) in [6.07, 6.45) is 11.0. The molecule has 0 aliphatic heterocycles. The van der Waals surface area contributed by atoms with Gasteiger partial charge < -0.3 is 4.90 Å². The van der Waals surface area contributed by atoms with E-state index < -0.39 is 10.2 Å². The minimum absolute atomic E-state index is 0.696. The monoisotopic (exact) mass is 420 g/mol. The highest BCUT2D eigenvalue weighted by atomic mass is 35.7. The number of hydrogen-bond acceptors (Lipinski definition) is 5. The Labute approximate surface area is 174 Å². The molecule has 0 N–H and O–H groups in total. The largest absolute Gasteiger partial charge is 0.377 e. The van der Waals surface area contributed by atoms with Crippen LogP contribution in [0.1, 0.15) is 55.4 Å². The van der Waals surface area contributed by atoms with E-state index in [1.807, 2.05) is 0 Å². The van der Waals surface area contributed by atoms with E-state index in [1.165, 1.54) is 0 Å². The number of nitrogens with zero attached hydrogens (tertiary/aromatic N) is 2. The highest BCUT2D eigenvalue weighted by Gasteiger charge is 2.08. The Balaban J connectivity index is 0. The molecule has 0 saturated heterocycles. The second kappa shape index (κ2) is 15.9. The Morgan fingerprint density at radius 3 is 1.39 bits per heavy atom. The molecule has 0 aliphatic rings. The maximum atomic E-state index is 8.49. The topological polar surface area (TPSA) is 98.5 Å². The van der Waals surface area contributed by atoms with Crippen molar-refractivity contribution in [2.45, 2.75) is 55.4 Å². The number of allylic oxidation sites excluding steroid dienone is 3. The van der Waals surface area contributed by atoms with Crippen molar-refractivity contribution in [1.29, 1.82) is 0 Å². The summed E-state index contributed by atoms with van der Waals surface area (Å²) in [6, 6.07) is 0. The predicted molar refractivity (Wildman–Crippen MR) is 105 cm³/mol. The highest BCUT2D eigenvalue weighted by molar-refractivity contribution is 5.66. The van der Waals surface area contributed by atoms with Crippen LogP contribution in [0.4, 0.5) is 0 Å². The standard InChI is InChI=1S/C21H41N2.ClHO4/c1-18(2)14-22(15-19(3)4)12-10-9-11-13-23(16-20(5)6)17-21(7)8;2-1(3,4)5/h9-13,18-21H,14-17H2,1-8H3;(H,2,3,4,5)/q+1;/p-1. The molecule has 6 nitrogen and oxygen atoms in total. The summed E-state index contributed by atoms with van der Waals surface area (Å²) in [5.41, 5.74) is 0. The van der Waals surface area contributed by atoms with Gasteiger partial charge in [0.15, 0.2) is 6.21 Å². The Morgan fingerprint density at radius 2 is 1.07 bits per heavy atom. The number of halogens is 1. The first-order valence-corrected chi connectivity index (χ1v) is 11.2. The van der Waals surface area contributed by atoms with Crippen molar-refractivity contribution >= 4 is 6.21 Å². The molecule has 166 valence electrons. The molecule has 0 unspecified atom stereocenters. The van der Waals surface area contributed by atoms with E-state index in [0.29, 0.717) is 23.7 Å². The molecule has 0 spiro atoms. The zero-order chi connectivity index (χ0) is 22.3. The van der Waals surface area contributed by atoms with Gasteiger partial charge in [-0.2, -0.15) is 0 Å². The van der Waals surface area contributed by atoms with Crippen molar-refractivity contribution < 1.29 is 33.5 Å². The third-order valence-corrected chi connectivity index (χ3v) is 3.21.